The molecule has 0 aliphatic carbocycles. The van der Waals surface area contributed by atoms with Crippen molar-refractivity contribution in [1.82, 2.24) is 0 Å². The van der Waals surface area contributed by atoms with Gasteiger partial charge in [0, 0.05) is 29.9 Å². The SMILES string of the molecule is COC1c2cc(NCc3cccc(Cl)c3)ccc2OC(C)(C)C1OCc1ccccc1. The molecule has 0 amide bonds. The second-order valence-corrected chi connectivity index (χ2v) is 8.75. The van der Waals surface area contributed by atoms with E-state index in [-0.39, 0.29) is 12.2 Å². The van der Waals surface area contributed by atoms with Crippen molar-refractivity contribution in [3.63, 3.8) is 0 Å². The van der Waals surface area contributed by atoms with Crippen molar-refractivity contribution in [3.05, 3.63) is 94.5 Å². The van der Waals surface area contributed by atoms with Crippen LogP contribution in [0.15, 0.2) is 72.8 Å². The van der Waals surface area contributed by atoms with Crippen LogP contribution in [0.2, 0.25) is 5.02 Å². The fourth-order valence-corrected chi connectivity index (χ4v) is 4.21. The molecule has 1 heterocycles. The average molecular weight is 438 g/mol. The van der Waals surface area contributed by atoms with Crippen LogP contribution in [-0.4, -0.2) is 18.8 Å². The van der Waals surface area contributed by atoms with E-state index >= 15 is 0 Å². The molecule has 3 aromatic rings. The lowest BCUT2D eigenvalue weighted by atomic mass is 9.88. The lowest BCUT2D eigenvalue weighted by molar-refractivity contribution is -0.159. The Kier molecular flexibility index (Phi) is 6.51. The van der Waals surface area contributed by atoms with Gasteiger partial charge in [0.25, 0.3) is 0 Å². The second kappa shape index (κ2) is 9.31. The van der Waals surface area contributed by atoms with Crippen LogP contribution < -0.4 is 10.1 Å². The van der Waals surface area contributed by atoms with E-state index in [1.54, 1.807) is 7.11 Å². The van der Waals surface area contributed by atoms with Gasteiger partial charge in [0.15, 0.2) is 0 Å². The van der Waals surface area contributed by atoms with Gasteiger partial charge in [-0.05, 0) is 55.3 Å². The Labute approximate surface area is 189 Å². The molecule has 31 heavy (non-hydrogen) atoms. The van der Waals surface area contributed by atoms with Crippen molar-refractivity contribution < 1.29 is 14.2 Å². The van der Waals surface area contributed by atoms with Gasteiger partial charge < -0.3 is 19.5 Å². The number of hydrogen-bond donors (Lipinski definition) is 1. The quantitative estimate of drug-likeness (QED) is 0.464. The Hall–Kier alpha value is -2.53. The van der Waals surface area contributed by atoms with E-state index in [1.807, 2.05) is 68.4 Å². The number of rotatable bonds is 7. The van der Waals surface area contributed by atoms with Crippen LogP contribution in [-0.2, 0) is 22.6 Å². The smallest absolute Gasteiger partial charge is 0.132 e. The minimum Gasteiger partial charge on any atom is -0.485 e. The predicted octanol–water partition coefficient (Wildman–Crippen LogP) is 6.40. The zero-order valence-electron chi connectivity index (χ0n) is 18.1. The molecule has 162 valence electrons. The Balaban J connectivity index is 1.54. The third kappa shape index (κ3) is 5.04. The zero-order valence-corrected chi connectivity index (χ0v) is 18.9. The molecule has 0 spiro atoms. The van der Waals surface area contributed by atoms with Gasteiger partial charge in [-0.1, -0.05) is 54.1 Å². The summed E-state index contributed by atoms with van der Waals surface area (Å²) >= 11 is 6.10. The van der Waals surface area contributed by atoms with Gasteiger partial charge in [0.2, 0.25) is 0 Å². The number of ether oxygens (including phenoxy) is 3. The topological polar surface area (TPSA) is 39.7 Å². The molecule has 0 radical (unpaired) electrons. The summed E-state index contributed by atoms with van der Waals surface area (Å²) in [4.78, 5) is 0. The molecule has 0 saturated heterocycles. The van der Waals surface area contributed by atoms with E-state index in [2.05, 4.69) is 23.5 Å². The van der Waals surface area contributed by atoms with Gasteiger partial charge in [-0.3, -0.25) is 0 Å². The Bertz CT molecular complexity index is 1020. The van der Waals surface area contributed by atoms with Crippen molar-refractivity contribution >= 4 is 17.3 Å². The van der Waals surface area contributed by atoms with Crippen LogP contribution in [0.1, 0.15) is 36.6 Å². The average Bonchev–Trinajstić information content (AvgIpc) is 2.76. The highest BCUT2D eigenvalue weighted by molar-refractivity contribution is 6.30. The molecule has 4 nitrogen and oxygen atoms in total. The molecule has 1 aliphatic heterocycles. The highest BCUT2D eigenvalue weighted by atomic mass is 35.5. The third-order valence-electron chi connectivity index (χ3n) is 5.56. The number of fused-ring (bicyclic) bond motifs is 1. The summed E-state index contributed by atoms with van der Waals surface area (Å²) in [6.45, 7) is 5.27. The fourth-order valence-electron chi connectivity index (χ4n) is 3.99. The first-order chi connectivity index (χ1) is 15.0. The molecule has 1 N–H and O–H groups in total. The number of nitrogens with one attached hydrogen (secondary N) is 1. The maximum Gasteiger partial charge on any atom is 0.132 e. The molecule has 1 aliphatic rings. The normalized spacial score (nSPS) is 19.4. The number of anilines is 1. The van der Waals surface area contributed by atoms with Crippen LogP contribution in [0.4, 0.5) is 5.69 Å². The monoisotopic (exact) mass is 437 g/mol. The number of halogens is 1. The summed E-state index contributed by atoms with van der Waals surface area (Å²) in [5.41, 5.74) is 3.69. The van der Waals surface area contributed by atoms with Crippen LogP contribution in [0.5, 0.6) is 5.75 Å². The van der Waals surface area contributed by atoms with Gasteiger partial charge in [-0.25, -0.2) is 0 Å². The Morgan fingerprint density at radius 2 is 1.74 bits per heavy atom. The lowest BCUT2D eigenvalue weighted by Gasteiger charge is -2.44. The molecule has 0 bridgehead atoms. The number of methoxy groups -OCH3 is 1. The first-order valence-electron chi connectivity index (χ1n) is 10.5. The molecule has 2 unspecified atom stereocenters. The van der Waals surface area contributed by atoms with Gasteiger partial charge >= 0.3 is 0 Å². The van der Waals surface area contributed by atoms with E-state index in [0.29, 0.717) is 13.2 Å². The summed E-state index contributed by atoms with van der Waals surface area (Å²) in [6.07, 6.45) is -0.497. The van der Waals surface area contributed by atoms with Crippen molar-refractivity contribution in [2.75, 3.05) is 12.4 Å². The molecular weight excluding hydrogens is 410 g/mol. The highest BCUT2D eigenvalue weighted by Gasteiger charge is 2.45. The van der Waals surface area contributed by atoms with Gasteiger partial charge in [-0.15, -0.1) is 0 Å². The molecule has 0 saturated carbocycles. The predicted molar refractivity (Wildman–Crippen MR) is 125 cm³/mol. The van der Waals surface area contributed by atoms with Crippen LogP contribution in [0.3, 0.4) is 0 Å². The molecule has 3 aromatic carbocycles. The standard InChI is InChI=1S/C26H28ClNO3/c1-26(2)25(30-17-18-8-5-4-6-9-18)24(29-3)22-15-21(12-13-23(22)31-26)28-16-19-10-7-11-20(27)14-19/h4-15,24-25,28H,16-17H2,1-3H3. The van der Waals surface area contributed by atoms with Crippen molar-refractivity contribution in [1.29, 1.82) is 0 Å². The van der Waals surface area contributed by atoms with Crippen LogP contribution >= 0.6 is 11.6 Å². The minimum absolute atomic E-state index is 0.240. The highest BCUT2D eigenvalue weighted by Crippen LogP contribution is 2.44. The summed E-state index contributed by atoms with van der Waals surface area (Å²) in [7, 11) is 1.72. The van der Waals surface area contributed by atoms with E-state index in [4.69, 9.17) is 25.8 Å². The van der Waals surface area contributed by atoms with E-state index < -0.39 is 5.60 Å². The van der Waals surface area contributed by atoms with Gasteiger partial charge in [0.1, 0.15) is 23.6 Å². The lowest BCUT2D eigenvalue weighted by Crippen LogP contribution is -2.50. The largest absolute Gasteiger partial charge is 0.485 e. The molecular formula is C26H28ClNO3. The van der Waals surface area contributed by atoms with Gasteiger partial charge in [0.05, 0.1) is 6.61 Å². The molecule has 0 aromatic heterocycles. The molecule has 4 rings (SSSR count). The number of hydrogen-bond acceptors (Lipinski definition) is 4. The molecule has 2 atom stereocenters. The summed E-state index contributed by atoms with van der Waals surface area (Å²) in [5.74, 6) is 0.824. The van der Waals surface area contributed by atoms with E-state index in [1.165, 1.54) is 0 Å². The Morgan fingerprint density at radius 3 is 2.48 bits per heavy atom. The summed E-state index contributed by atoms with van der Waals surface area (Å²) in [6, 6.07) is 24.1. The minimum atomic E-state index is -0.530. The maximum absolute atomic E-state index is 6.34. The third-order valence-corrected chi connectivity index (χ3v) is 5.80. The van der Waals surface area contributed by atoms with Crippen LogP contribution in [0.25, 0.3) is 0 Å². The van der Waals surface area contributed by atoms with E-state index in [9.17, 15) is 0 Å². The maximum atomic E-state index is 6.34. The van der Waals surface area contributed by atoms with Gasteiger partial charge in [-0.2, -0.15) is 0 Å². The number of benzene rings is 3. The zero-order chi connectivity index (χ0) is 21.8. The van der Waals surface area contributed by atoms with Crippen LogP contribution in [0, 0.1) is 0 Å². The van der Waals surface area contributed by atoms with Crippen molar-refractivity contribution in [2.24, 2.45) is 0 Å². The Morgan fingerprint density at radius 1 is 0.968 bits per heavy atom. The summed E-state index contributed by atoms with van der Waals surface area (Å²) < 4.78 is 18.6. The first-order valence-corrected chi connectivity index (χ1v) is 10.8. The first kappa shape index (κ1) is 21.7. The van der Waals surface area contributed by atoms with E-state index in [0.717, 1.165) is 33.1 Å². The molecule has 5 heteroatoms. The fraction of sp³-hybridized carbons (Fsp3) is 0.308. The molecule has 0 fully saturated rings. The second-order valence-electron chi connectivity index (χ2n) is 8.32. The van der Waals surface area contributed by atoms with Crippen molar-refractivity contribution in [2.45, 2.75) is 44.8 Å². The van der Waals surface area contributed by atoms with Crippen molar-refractivity contribution in [3.8, 4) is 5.75 Å². The summed E-state index contributed by atoms with van der Waals surface area (Å²) in [5, 5.41) is 4.20.